The van der Waals surface area contributed by atoms with Crippen molar-refractivity contribution in [2.75, 3.05) is 41.0 Å². The van der Waals surface area contributed by atoms with Gasteiger partial charge in [0.1, 0.15) is 12.8 Å². The van der Waals surface area contributed by atoms with E-state index in [2.05, 4.69) is 28.1 Å². The first kappa shape index (κ1) is 25.5. The number of aromatic nitrogens is 2. The standard InChI is InChI=1S/C26H44N4O4/c1-27-25(31)34-17-15-29(2)18-21-19-30(23-6-4-5-16-33-23)28-24(21)20-7-11-26(12-8-20)13-9-22(32-3)10-14-26/h19-20,22-23H,4-18H2,1-3H3,(H,27,31). The average molecular weight is 477 g/mol. The summed E-state index contributed by atoms with van der Waals surface area (Å²) in [4.78, 5) is 13.6. The largest absolute Gasteiger partial charge is 0.448 e. The van der Waals surface area contributed by atoms with Crippen LogP contribution in [-0.4, -0.2) is 67.8 Å². The van der Waals surface area contributed by atoms with Gasteiger partial charge in [-0.1, -0.05) is 0 Å². The van der Waals surface area contributed by atoms with E-state index < -0.39 is 0 Å². The number of nitrogens with zero attached hydrogens (tertiary/aromatic N) is 3. The second kappa shape index (κ2) is 11.9. The smallest absolute Gasteiger partial charge is 0.406 e. The molecule has 0 aromatic carbocycles. The number of methoxy groups -OCH3 is 1. The van der Waals surface area contributed by atoms with Gasteiger partial charge in [0.25, 0.3) is 0 Å². The first-order chi connectivity index (χ1) is 16.5. The third kappa shape index (κ3) is 6.32. The number of carbonyl (C=O) groups excluding carboxylic acids is 1. The predicted molar refractivity (Wildman–Crippen MR) is 131 cm³/mol. The first-order valence-corrected chi connectivity index (χ1v) is 13.3. The number of ether oxygens (including phenoxy) is 3. The van der Waals surface area contributed by atoms with Crippen molar-refractivity contribution in [2.24, 2.45) is 5.41 Å². The van der Waals surface area contributed by atoms with Crippen LogP contribution in [0.3, 0.4) is 0 Å². The van der Waals surface area contributed by atoms with E-state index in [-0.39, 0.29) is 12.3 Å². The monoisotopic (exact) mass is 476 g/mol. The molecular weight excluding hydrogens is 432 g/mol. The Bertz CT molecular complexity index is 774. The molecule has 1 unspecified atom stereocenters. The van der Waals surface area contributed by atoms with Crippen LogP contribution < -0.4 is 5.32 Å². The zero-order valence-corrected chi connectivity index (χ0v) is 21.4. The molecule has 4 rings (SSSR count). The maximum atomic E-state index is 11.4. The molecule has 0 bridgehead atoms. The van der Waals surface area contributed by atoms with Gasteiger partial charge < -0.3 is 19.5 Å². The van der Waals surface area contributed by atoms with Crippen LogP contribution in [-0.2, 0) is 20.8 Å². The van der Waals surface area contributed by atoms with Gasteiger partial charge in [0.05, 0.1) is 11.8 Å². The number of hydrogen-bond acceptors (Lipinski definition) is 6. The minimum absolute atomic E-state index is 0.0578. The highest BCUT2D eigenvalue weighted by molar-refractivity contribution is 5.66. The van der Waals surface area contributed by atoms with Crippen LogP contribution in [0, 0.1) is 5.41 Å². The number of alkyl carbamates (subject to hydrolysis) is 1. The molecule has 8 heteroatoms. The Hall–Kier alpha value is -1.64. The Morgan fingerprint density at radius 3 is 2.59 bits per heavy atom. The number of amides is 1. The van der Waals surface area contributed by atoms with Gasteiger partial charge in [0.15, 0.2) is 0 Å². The molecule has 1 aliphatic heterocycles. The van der Waals surface area contributed by atoms with Crippen LogP contribution in [0.25, 0.3) is 0 Å². The number of hydrogen-bond donors (Lipinski definition) is 1. The number of nitrogens with one attached hydrogen (secondary N) is 1. The SMILES string of the molecule is CNC(=O)OCCN(C)Cc1cn(C2CCCCO2)nc1C1CCC2(CCC(OC)CC2)CC1. The third-order valence-corrected chi connectivity index (χ3v) is 8.40. The normalized spacial score (nSPS) is 29.9. The third-order valence-electron chi connectivity index (χ3n) is 8.40. The summed E-state index contributed by atoms with van der Waals surface area (Å²) in [7, 11) is 5.52. The van der Waals surface area contributed by atoms with Gasteiger partial charge in [0, 0.05) is 51.5 Å². The van der Waals surface area contributed by atoms with Crippen molar-refractivity contribution in [2.45, 2.75) is 95.4 Å². The fourth-order valence-corrected chi connectivity index (χ4v) is 6.17. The molecule has 1 atom stereocenters. The van der Waals surface area contributed by atoms with Crippen LogP contribution in [0.5, 0.6) is 0 Å². The number of carbonyl (C=O) groups is 1. The molecule has 1 spiro atoms. The summed E-state index contributed by atoms with van der Waals surface area (Å²) in [6.07, 6.45) is 15.8. The highest BCUT2D eigenvalue weighted by Gasteiger charge is 2.40. The molecule has 1 amide bonds. The van der Waals surface area contributed by atoms with Crippen LogP contribution >= 0.6 is 0 Å². The Morgan fingerprint density at radius 1 is 1.21 bits per heavy atom. The van der Waals surface area contributed by atoms with Gasteiger partial charge in [-0.2, -0.15) is 5.10 Å². The highest BCUT2D eigenvalue weighted by atomic mass is 16.5. The van der Waals surface area contributed by atoms with Gasteiger partial charge in [-0.3, -0.25) is 4.90 Å². The summed E-state index contributed by atoms with van der Waals surface area (Å²) in [5.41, 5.74) is 3.07. The van der Waals surface area contributed by atoms with E-state index in [1.807, 2.05) is 7.11 Å². The summed E-state index contributed by atoms with van der Waals surface area (Å²) >= 11 is 0. The van der Waals surface area contributed by atoms with Crippen molar-refractivity contribution < 1.29 is 19.0 Å². The molecule has 34 heavy (non-hydrogen) atoms. The average Bonchev–Trinajstić information content (AvgIpc) is 3.29. The van der Waals surface area contributed by atoms with E-state index >= 15 is 0 Å². The second-order valence-electron chi connectivity index (χ2n) is 10.7. The quantitative estimate of drug-likeness (QED) is 0.591. The molecule has 1 aromatic rings. The van der Waals surface area contributed by atoms with Crippen LogP contribution in [0.15, 0.2) is 6.20 Å². The van der Waals surface area contributed by atoms with Crippen LogP contribution in [0.2, 0.25) is 0 Å². The highest BCUT2D eigenvalue weighted by Crippen LogP contribution is 2.51. The molecule has 1 saturated heterocycles. The molecular formula is C26H44N4O4. The summed E-state index contributed by atoms with van der Waals surface area (Å²) in [5, 5.41) is 7.64. The molecule has 1 aromatic heterocycles. The second-order valence-corrected chi connectivity index (χ2v) is 10.7. The minimum Gasteiger partial charge on any atom is -0.448 e. The minimum atomic E-state index is -0.382. The zero-order chi connectivity index (χ0) is 24.0. The van der Waals surface area contributed by atoms with Gasteiger partial charge in [-0.15, -0.1) is 0 Å². The summed E-state index contributed by atoms with van der Waals surface area (Å²) in [5.74, 6) is 0.515. The molecule has 1 N–H and O–H groups in total. The predicted octanol–water partition coefficient (Wildman–Crippen LogP) is 4.60. The Morgan fingerprint density at radius 2 is 1.94 bits per heavy atom. The lowest BCUT2D eigenvalue weighted by Crippen LogP contribution is -2.34. The van der Waals surface area contributed by atoms with Gasteiger partial charge in [-0.25, -0.2) is 9.48 Å². The Labute approximate surface area is 204 Å². The van der Waals surface area contributed by atoms with E-state index in [0.29, 0.717) is 30.6 Å². The lowest BCUT2D eigenvalue weighted by molar-refractivity contribution is -0.0399. The van der Waals surface area contributed by atoms with E-state index in [0.717, 1.165) is 26.0 Å². The van der Waals surface area contributed by atoms with Crippen molar-refractivity contribution >= 4 is 6.09 Å². The van der Waals surface area contributed by atoms with E-state index in [1.165, 1.54) is 69.0 Å². The molecule has 0 radical (unpaired) electrons. The topological polar surface area (TPSA) is 77.9 Å². The van der Waals surface area contributed by atoms with Crippen LogP contribution in [0.1, 0.15) is 94.0 Å². The van der Waals surface area contributed by atoms with Crippen molar-refractivity contribution in [3.63, 3.8) is 0 Å². The van der Waals surface area contributed by atoms with Crippen molar-refractivity contribution in [3.05, 3.63) is 17.5 Å². The number of likely N-dealkylation sites (N-methyl/N-ethyl adjacent to an activating group) is 1. The summed E-state index contributed by atoms with van der Waals surface area (Å²) in [6, 6.07) is 0. The summed E-state index contributed by atoms with van der Waals surface area (Å²) < 4.78 is 18.9. The molecule has 3 fully saturated rings. The van der Waals surface area contributed by atoms with E-state index in [1.54, 1.807) is 7.05 Å². The Balaban J connectivity index is 1.41. The molecule has 2 saturated carbocycles. The van der Waals surface area contributed by atoms with Gasteiger partial charge >= 0.3 is 6.09 Å². The molecule has 2 heterocycles. The van der Waals surface area contributed by atoms with E-state index in [9.17, 15) is 4.79 Å². The van der Waals surface area contributed by atoms with Gasteiger partial charge in [-0.05, 0) is 83.1 Å². The lowest BCUT2D eigenvalue weighted by Gasteiger charge is -2.44. The van der Waals surface area contributed by atoms with Gasteiger partial charge in [0.2, 0.25) is 0 Å². The maximum Gasteiger partial charge on any atom is 0.406 e. The van der Waals surface area contributed by atoms with E-state index in [4.69, 9.17) is 19.3 Å². The fraction of sp³-hybridized carbons (Fsp3) is 0.846. The zero-order valence-electron chi connectivity index (χ0n) is 21.4. The molecule has 192 valence electrons. The molecule has 8 nitrogen and oxygen atoms in total. The van der Waals surface area contributed by atoms with Crippen molar-refractivity contribution in [3.8, 4) is 0 Å². The first-order valence-electron chi connectivity index (χ1n) is 13.3. The van der Waals surface area contributed by atoms with Crippen LogP contribution in [0.4, 0.5) is 4.79 Å². The molecule has 2 aliphatic carbocycles. The summed E-state index contributed by atoms with van der Waals surface area (Å²) in [6.45, 7) is 2.68. The maximum absolute atomic E-state index is 11.4. The molecule has 3 aliphatic rings. The fourth-order valence-electron chi connectivity index (χ4n) is 6.17. The van der Waals surface area contributed by atoms with Crippen molar-refractivity contribution in [1.82, 2.24) is 20.0 Å². The Kier molecular flexibility index (Phi) is 8.88. The number of rotatable bonds is 8. The van der Waals surface area contributed by atoms with Crippen molar-refractivity contribution in [1.29, 1.82) is 0 Å². The lowest BCUT2D eigenvalue weighted by atomic mass is 9.62.